The van der Waals surface area contributed by atoms with Gasteiger partial charge in [0, 0.05) is 38.3 Å². The van der Waals surface area contributed by atoms with Crippen LogP contribution < -0.4 is 10.2 Å². The number of anilines is 1. The van der Waals surface area contributed by atoms with Crippen molar-refractivity contribution in [3.63, 3.8) is 0 Å². The number of urea groups is 1. The molecule has 0 bridgehead atoms. The first kappa shape index (κ1) is 17.5. The number of rotatable bonds is 3. The van der Waals surface area contributed by atoms with Crippen LogP contribution in [0.2, 0.25) is 0 Å². The summed E-state index contributed by atoms with van der Waals surface area (Å²) in [4.78, 5) is 27.2. The van der Waals surface area contributed by atoms with Gasteiger partial charge in [0.2, 0.25) is 0 Å². The largest absolute Gasteiger partial charge is 0.362 e. The van der Waals surface area contributed by atoms with Gasteiger partial charge in [-0.1, -0.05) is 31.9 Å². The van der Waals surface area contributed by atoms with Gasteiger partial charge in [0.25, 0.3) is 5.69 Å². The molecule has 1 saturated heterocycles. The van der Waals surface area contributed by atoms with E-state index in [4.69, 9.17) is 0 Å². The number of hydrogen-bond donors (Lipinski definition) is 1. The Morgan fingerprint density at radius 3 is 2.52 bits per heavy atom. The number of nitrogens with one attached hydrogen (secondary N) is 1. The van der Waals surface area contributed by atoms with Gasteiger partial charge < -0.3 is 15.1 Å². The lowest BCUT2D eigenvalue weighted by Crippen LogP contribution is -2.54. The molecule has 1 aromatic carbocycles. The summed E-state index contributed by atoms with van der Waals surface area (Å²) in [5, 5.41) is 14.4. The first-order valence-electron chi connectivity index (χ1n) is 9.10. The zero-order valence-electron chi connectivity index (χ0n) is 14.7. The molecule has 1 heterocycles. The van der Waals surface area contributed by atoms with Crippen molar-refractivity contribution >= 4 is 17.4 Å². The van der Waals surface area contributed by atoms with Crippen molar-refractivity contribution < 1.29 is 9.72 Å². The number of carbonyl (C=O) groups is 1. The Bertz CT molecular complexity index is 629. The average molecular weight is 346 g/mol. The van der Waals surface area contributed by atoms with E-state index in [1.54, 1.807) is 12.1 Å². The first-order chi connectivity index (χ1) is 12.1. The lowest BCUT2D eigenvalue weighted by atomic mass is 9.86. The normalized spacial score (nSPS) is 24.0. The molecule has 2 amide bonds. The van der Waals surface area contributed by atoms with Crippen LogP contribution in [0.1, 0.15) is 32.6 Å². The molecule has 7 nitrogen and oxygen atoms in total. The summed E-state index contributed by atoms with van der Waals surface area (Å²) >= 11 is 0. The zero-order valence-corrected chi connectivity index (χ0v) is 14.7. The smallest absolute Gasteiger partial charge is 0.317 e. The minimum absolute atomic E-state index is 0.000890. The number of amides is 2. The van der Waals surface area contributed by atoms with Crippen LogP contribution in [0.5, 0.6) is 0 Å². The van der Waals surface area contributed by atoms with Crippen LogP contribution in [0.3, 0.4) is 0 Å². The molecule has 25 heavy (non-hydrogen) atoms. The Morgan fingerprint density at radius 2 is 1.84 bits per heavy atom. The van der Waals surface area contributed by atoms with Crippen LogP contribution in [0.4, 0.5) is 16.2 Å². The van der Waals surface area contributed by atoms with Crippen molar-refractivity contribution in [3.8, 4) is 0 Å². The maximum atomic E-state index is 12.5. The van der Waals surface area contributed by atoms with Gasteiger partial charge in [0.1, 0.15) is 5.69 Å². The van der Waals surface area contributed by atoms with Gasteiger partial charge in [0.05, 0.1) is 4.92 Å². The molecule has 136 valence electrons. The van der Waals surface area contributed by atoms with Crippen molar-refractivity contribution in [2.45, 2.75) is 38.6 Å². The summed E-state index contributed by atoms with van der Waals surface area (Å²) in [5.41, 5.74) is 0.755. The highest BCUT2D eigenvalue weighted by Crippen LogP contribution is 2.28. The minimum Gasteiger partial charge on any atom is -0.362 e. The Hall–Kier alpha value is -2.31. The highest BCUT2D eigenvalue weighted by atomic mass is 16.6. The van der Waals surface area contributed by atoms with Gasteiger partial charge in [-0.2, -0.15) is 0 Å². The maximum Gasteiger partial charge on any atom is 0.317 e. The summed E-state index contributed by atoms with van der Waals surface area (Å²) < 4.78 is 0. The van der Waals surface area contributed by atoms with E-state index in [0.717, 1.165) is 6.42 Å². The van der Waals surface area contributed by atoms with E-state index in [1.165, 1.54) is 25.3 Å². The quantitative estimate of drug-likeness (QED) is 0.674. The van der Waals surface area contributed by atoms with E-state index in [0.29, 0.717) is 37.8 Å². The number of carbonyl (C=O) groups excluding carboxylic acids is 1. The summed E-state index contributed by atoms with van der Waals surface area (Å²) in [6.45, 7) is 4.59. The molecule has 2 atom stereocenters. The number of nitro groups is 1. The number of nitrogens with zero attached hydrogens (tertiary/aromatic N) is 3. The topological polar surface area (TPSA) is 78.7 Å². The second-order valence-electron chi connectivity index (χ2n) is 7.04. The summed E-state index contributed by atoms with van der Waals surface area (Å²) in [6, 6.07) is 7.06. The third-order valence-corrected chi connectivity index (χ3v) is 5.41. The fourth-order valence-electron chi connectivity index (χ4n) is 3.82. The van der Waals surface area contributed by atoms with E-state index in [1.807, 2.05) is 15.9 Å². The fraction of sp³-hybridized carbons (Fsp3) is 0.611. The molecule has 7 heteroatoms. The predicted octanol–water partition coefficient (Wildman–Crippen LogP) is 3.01. The zero-order chi connectivity index (χ0) is 17.8. The molecule has 2 unspecified atom stereocenters. The molecular weight excluding hydrogens is 320 g/mol. The number of para-hydroxylation sites is 2. The van der Waals surface area contributed by atoms with Crippen molar-refractivity contribution in [3.05, 3.63) is 34.4 Å². The molecule has 1 saturated carbocycles. The van der Waals surface area contributed by atoms with E-state index < -0.39 is 0 Å². The maximum absolute atomic E-state index is 12.5. The summed E-state index contributed by atoms with van der Waals surface area (Å²) in [7, 11) is 0. The predicted molar refractivity (Wildman–Crippen MR) is 96.8 cm³/mol. The average Bonchev–Trinajstić information content (AvgIpc) is 2.63. The Balaban J connectivity index is 1.57. The highest BCUT2D eigenvalue weighted by molar-refractivity contribution is 5.75. The van der Waals surface area contributed by atoms with Crippen LogP contribution in [-0.4, -0.2) is 48.1 Å². The molecule has 1 aromatic rings. The number of piperazine rings is 1. The van der Waals surface area contributed by atoms with Crippen molar-refractivity contribution in [1.29, 1.82) is 0 Å². The molecule has 0 radical (unpaired) electrons. The lowest BCUT2D eigenvalue weighted by Gasteiger charge is -2.37. The second kappa shape index (κ2) is 7.72. The Kier molecular flexibility index (Phi) is 5.40. The lowest BCUT2D eigenvalue weighted by molar-refractivity contribution is -0.384. The van der Waals surface area contributed by atoms with Gasteiger partial charge in [-0.15, -0.1) is 0 Å². The summed E-state index contributed by atoms with van der Waals surface area (Å²) in [5.74, 6) is 0.533. The highest BCUT2D eigenvalue weighted by Gasteiger charge is 2.28. The van der Waals surface area contributed by atoms with Crippen molar-refractivity contribution in [2.75, 3.05) is 31.1 Å². The van der Waals surface area contributed by atoms with Crippen LogP contribution in [0.15, 0.2) is 24.3 Å². The van der Waals surface area contributed by atoms with Crippen LogP contribution in [0.25, 0.3) is 0 Å². The first-order valence-corrected chi connectivity index (χ1v) is 9.10. The van der Waals surface area contributed by atoms with Crippen molar-refractivity contribution in [2.24, 2.45) is 5.92 Å². The minimum atomic E-state index is -0.348. The molecule has 1 N–H and O–H groups in total. The molecule has 3 rings (SSSR count). The second-order valence-corrected chi connectivity index (χ2v) is 7.04. The number of hydrogen-bond acceptors (Lipinski definition) is 4. The van der Waals surface area contributed by atoms with Gasteiger partial charge in [-0.3, -0.25) is 10.1 Å². The Labute approximate surface area is 148 Å². The SMILES string of the molecule is CC1CCCCC1NC(=O)N1CCN(c2ccccc2[N+](=O)[O-])CC1. The van der Waals surface area contributed by atoms with Gasteiger partial charge in [-0.05, 0) is 24.8 Å². The molecule has 1 aliphatic carbocycles. The molecule has 2 fully saturated rings. The number of nitro benzene ring substituents is 1. The van der Waals surface area contributed by atoms with E-state index in [9.17, 15) is 14.9 Å². The molecule has 0 spiro atoms. The molecule has 0 aromatic heterocycles. The number of benzene rings is 1. The van der Waals surface area contributed by atoms with Gasteiger partial charge in [-0.25, -0.2) is 4.79 Å². The van der Waals surface area contributed by atoms with Gasteiger partial charge >= 0.3 is 6.03 Å². The van der Waals surface area contributed by atoms with E-state index in [-0.39, 0.29) is 22.7 Å². The van der Waals surface area contributed by atoms with Crippen LogP contribution >= 0.6 is 0 Å². The third kappa shape index (κ3) is 4.03. The molecule has 1 aliphatic heterocycles. The van der Waals surface area contributed by atoms with E-state index in [2.05, 4.69) is 12.2 Å². The Morgan fingerprint density at radius 1 is 1.16 bits per heavy atom. The summed E-state index contributed by atoms with van der Waals surface area (Å²) in [6.07, 6.45) is 4.67. The molecular formula is C18H26N4O3. The fourth-order valence-corrected chi connectivity index (χ4v) is 3.82. The monoisotopic (exact) mass is 346 g/mol. The van der Waals surface area contributed by atoms with Crippen molar-refractivity contribution in [1.82, 2.24) is 10.2 Å². The third-order valence-electron chi connectivity index (χ3n) is 5.41. The molecule has 2 aliphatic rings. The van der Waals surface area contributed by atoms with Crippen LogP contribution in [0, 0.1) is 16.0 Å². The standard InChI is InChI=1S/C18H26N4O3/c1-14-6-2-3-7-15(14)19-18(23)21-12-10-20(11-13-21)16-8-4-5-9-17(16)22(24)25/h4-5,8-9,14-15H,2-3,6-7,10-13H2,1H3,(H,19,23). The van der Waals surface area contributed by atoms with E-state index >= 15 is 0 Å². The van der Waals surface area contributed by atoms with Gasteiger partial charge in [0.15, 0.2) is 0 Å². The van der Waals surface area contributed by atoms with Crippen LogP contribution in [-0.2, 0) is 0 Å².